The molecule has 1 atom stereocenters. The van der Waals surface area contributed by atoms with Gasteiger partial charge in [-0.05, 0) is 34.0 Å². The summed E-state index contributed by atoms with van der Waals surface area (Å²) in [5.74, 6) is -0.147. The van der Waals surface area contributed by atoms with Gasteiger partial charge in [0.05, 0.1) is 29.1 Å². The second-order valence-electron chi connectivity index (χ2n) is 9.10. The Labute approximate surface area is 220 Å². The van der Waals surface area contributed by atoms with Crippen LogP contribution in [-0.2, 0) is 20.0 Å². The van der Waals surface area contributed by atoms with Crippen molar-refractivity contribution in [2.45, 2.75) is 19.0 Å². The maximum atomic E-state index is 13.9. The monoisotopic (exact) mass is 497 g/mol. The van der Waals surface area contributed by atoms with Gasteiger partial charge in [0.15, 0.2) is 12.4 Å². The first-order valence-electron chi connectivity index (χ1n) is 12.2. The van der Waals surface area contributed by atoms with Gasteiger partial charge in [-0.3, -0.25) is 5.32 Å². The Morgan fingerprint density at radius 1 is 1.00 bits per heavy atom. The number of nitrogens with one attached hydrogen (secondary N) is 1. The fourth-order valence-electron chi connectivity index (χ4n) is 4.56. The molecule has 0 bridgehead atoms. The van der Waals surface area contributed by atoms with E-state index in [1.165, 1.54) is 0 Å². The number of hydrogen-bond acceptors (Lipinski definition) is 5. The highest BCUT2D eigenvalue weighted by atomic mass is 16.2. The highest BCUT2D eigenvalue weighted by Crippen LogP contribution is 2.30. The quantitative estimate of drug-likeness (QED) is 0.338. The lowest BCUT2D eigenvalue weighted by atomic mass is 9.96. The Morgan fingerprint density at radius 2 is 1.79 bits per heavy atom. The molecule has 0 saturated heterocycles. The van der Waals surface area contributed by atoms with E-state index in [1.807, 2.05) is 66.2 Å². The molecule has 0 saturated carbocycles. The lowest BCUT2D eigenvalue weighted by Gasteiger charge is -2.15. The number of carbonyl (C=O) groups excluding carboxylic acids is 1. The summed E-state index contributed by atoms with van der Waals surface area (Å²) in [6.07, 6.45) is 7.30. The van der Waals surface area contributed by atoms with Gasteiger partial charge < -0.3 is 4.57 Å². The van der Waals surface area contributed by atoms with Gasteiger partial charge in [0.2, 0.25) is 0 Å². The molecule has 2 aromatic heterocycles. The molecule has 3 aromatic carbocycles. The summed E-state index contributed by atoms with van der Waals surface area (Å²) in [5.41, 5.74) is 4.57. The normalized spacial score (nSPS) is 11.6. The van der Waals surface area contributed by atoms with Crippen molar-refractivity contribution >= 4 is 16.7 Å². The van der Waals surface area contributed by atoms with Crippen LogP contribution in [0.15, 0.2) is 97.7 Å². The number of benzene rings is 3. The molecule has 0 amide bonds. The summed E-state index contributed by atoms with van der Waals surface area (Å²) in [4.78, 5) is 18.1. The molecule has 0 aliphatic carbocycles. The van der Waals surface area contributed by atoms with Crippen LogP contribution in [-0.4, -0.2) is 21.5 Å². The van der Waals surface area contributed by atoms with Crippen molar-refractivity contribution in [1.29, 1.82) is 10.5 Å². The number of carbonyl (C=O) groups is 1. The number of fused-ring (bicyclic) bond motifs is 1. The lowest BCUT2D eigenvalue weighted by molar-refractivity contribution is -0.575. The summed E-state index contributed by atoms with van der Waals surface area (Å²) in [5, 5.41) is 24.4. The summed E-state index contributed by atoms with van der Waals surface area (Å²) >= 11 is 0. The largest absolute Gasteiger partial charge is 0.409 e. The van der Waals surface area contributed by atoms with Gasteiger partial charge in [-0.2, -0.15) is 10.5 Å². The molecule has 2 heterocycles. The van der Waals surface area contributed by atoms with Crippen LogP contribution >= 0.6 is 0 Å². The number of aromatic nitrogens is 3. The number of nitriles is 2. The molecule has 0 aliphatic heterocycles. The molecule has 7 heteroatoms. The van der Waals surface area contributed by atoms with E-state index in [1.54, 1.807) is 47.7 Å². The molecule has 0 radical (unpaired) electrons. The summed E-state index contributed by atoms with van der Waals surface area (Å²) in [7, 11) is 1.90. The predicted molar refractivity (Wildman–Crippen MR) is 144 cm³/mol. The minimum Gasteiger partial charge on any atom is -0.338 e. The molecular weight excluding hydrogens is 472 g/mol. The van der Waals surface area contributed by atoms with Crippen LogP contribution in [0.2, 0.25) is 0 Å². The van der Waals surface area contributed by atoms with Crippen molar-refractivity contribution in [2.75, 3.05) is 0 Å². The van der Waals surface area contributed by atoms with E-state index >= 15 is 0 Å². The van der Waals surface area contributed by atoms with Crippen molar-refractivity contribution in [2.24, 2.45) is 7.05 Å². The minimum absolute atomic E-state index is 0.147. The van der Waals surface area contributed by atoms with Gasteiger partial charge in [-0.15, -0.1) is 4.57 Å². The number of aryl methyl sites for hydroxylation is 1. The van der Waals surface area contributed by atoms with E-state index in [4.69, 9.17) is 5.26 Å². The van der Waals surface area contributed by atoms with E-state index in [0.717, 1.165) is 27.6 Å². The molecule has 0 aliphatic rings. The van der Waals surface area contributed by atoms with Crippen LogP contribution in [0.25, 0.3) is 21.9 Å². The predicted octanol–water partition coefficient (Wildman–Crippen LogP) is 4.31. The average molecular weight is 498 g/mol. The Hall–Kier alpha value is -5.11. The van der Waals surface area contributed by atoms with Crippen molar-refractivity contribution in [3.8, 4) is 23.3 Å². The van der Waals surface area contributed by atoms with E-state index in [0.29, 0.717) is 29.7 Å². The number of hydrogen-bond donors (Lipinski definition) is 1. The highest BCUT2D eigenvalue weighted by Gasteiger charge is 2.29. The first kappa shape index (κ1) is 24.6. The van der Waals surface area contributed by atoms with Crippen LogP contribution < -0.4 is 9.88 Å². The van der Waals surface area contributed by atoms with Gasteiger partial charge in [0.25, 0.3) is 0 Å². The van der Waals surface area contributed by atoms with Gasteiger partial charge in [0, 0.05) is 38.0 Å². The Kier molecular flexibility index (Phi) is 7.04. The van der Waals surface area contributed by atoms with Crippen LogP contribution in [0.1, 0.15) is 27.2 Å². The Balaban J connectivity index is 1.50. The second-order valence-corrected chi connectivity index (χ2v) is 9.10. The third-order valence-corrected chi connectivity index (χ3v) is 6.68. The topological polar surface area (TPSA) is 98.4 Å². The average Bonchev–Trinajstić information content (AvgIpc) is 3.38. The third kappa shape index (κ3) is 5.05. The molecule has 5 aromatic rings. The first-order valence-corrected chi connectivity index (χ1v) is 12.2. The van der Waals surface area contributed by atoms with Crippen LogP contribution in [0.4, 0.5) is 0 Å². The highest BCUT2D eigenvalue weighted by molar-refractivity contribution is 5.97. The fraction of sp³-hybridized carbons (Fsp3) is 0.129. The van der Waals surface area contributed by atoms with E-state index in [9.17, 15) is 10.1 Å². The molecular formula is C31H25N6O+. The SMILES string of the molecule is Cn1cncc1C[C@H](NCc1ccc(C#N)cc1)C(=O)[n+]1ccc(C#N)c(-c2cccc3ccccc23)c1. The smallest absolute Gasteiger partial charge is 0.338 e. The number of nitrogens with zero attached hydrogens (tertiary/aromatic N) is 5. The van der Waals surface area contributed by atoms with Crippen molar-refractivity contribution in [1.82, 2.24) is 14.9 Å². The molecule has 7 nitrogen and oxygen atoms in total. The second kappa shape index (κ2) is 10.9. The van der Waals surface area contributed by atoms with Crippen molar-refractivity contribution in [3.63, 3.8) is 0 Å². The fourth-order valence-corrected chi connectivity index (χ4v) is 4.56. The molecule has 0 spiro atoms. The first-order chi connectivity index (χ1) is 18.6. The molecule has 38 heavy (non-hydrogen) atoms. The van der Waals surface area contributed by atoms with E-state index < -0.39 is 6.04 Å². The molecule has 5 rings (SSSR count). The molecule has 184 valence electrons. The summed E-state index contributed by atoms with van der Waals surface area (Å²) in [6, 6.07) is 26.8. The van der Waals surface area contributed by atoms with E-state index in [2.05, 4.69) is 22.4 Å². The zero-order valence-electron chi connectivity index (χ0n) is 20.9. The minimum atomic E-state index is -0.556. The number of imidazole rings is 1. The third-order valence-electron chi connectivity index (χ3n) is 6.68. The number of pyridine rings is 1. The van der Waals surface area contributed by atoms with Crippen molar-refractivity contribution in [3.05, 3.63) is 120 Å². The Morgan fingerprint density at radius 3 is 2.53 bits per heavy atom. The van der Waals surface area contributed by atoms with Gasteiger partial charge in [-0.25, -0.2) is 9.78 Å². The number of rotatable bonds is 7. The lowest BCUT2D eigenvalue weighted by Crippen LogP contribution is -2.54. The standard InChI is InChI=1S/C31H25N6O/c1-36-21-34-19-26(36)15-30(35-18-23-11-9-22(16-32)10-12-23)31(38)37-14-13-25(17-33)29(20-37)28-8-4-6-24-5-2-3-7-27(24)28/h2-14,19-21,30,35H,15,18H2,1H3/q+1/t30-/m0/s1. The maximum absolute atomic E-state index is 13.9. The molecule has 1 N–H and O–H groups in total. The summed E-state index contributed by atoms with van der Waals surface area (Å²) in [6.45, 7) is 0.451. The van der Waals surface area contributed by atoms with Gasteiger partial charge in [0.1, 0.15) is 12.1 Å². The van der Waals surface area contributed by atoms with Gasteiger partial charge in [-0.1, -0.05) is 54.6 Å². The van der Waals surface area contributed by atoms with Gasteiger partial charge >= 0.3 is 5.91 Å². The van der Waals surface area contributed by atoms with Crippen LogP contribution in [0.5, 0.6) is 0 Å². The molecule has 0 fully saturated rings. The van der Waals surface area contributed by atoms with Crippen molar-refractivity contribution < 1.29 is 9.36 Å². The van der Waals surface area contributed by atoms with Crippen LogP contribution in [0.3, 0.4) is 0 Å². The zero-order valence-corrected chi connectivity index (χ0v) is 20.9. The Bertz CT molecular complexity index is 1700. The van der Waals surface area contributed by atoms with Crippen LogP contribution in [0, 0.1) is 22.7 Å². The van der Waals surface area contributed by atoms with E-state index in [-0.39, 0.29) is 5.91 Å². The zero-order chi connectivity index (χ0) is 26.5. The maximum Gasteiger partial charge on any atom is 0.409 e. The molecule has 0 unspecified atom stereocenters. The summed E-state index contributed by atoms with van der Waals surface area (Å²) < 4.78 is 3.46.